The molecule has 8 heteroatoms. The number of hydrogen-bond acceptors (Lipinski definition) is 6. The van der Waals surface area contributed by atoms with Crippen molar-refractivity contribution >= 4 is 45.1 Å². The first-order valence-corrected chi connectivity index (χ1v) is 9.81. The van der Waals surface area contributed by atoms with E-state index in [1.54, 1.807) is 6.92 Å². The number of guanidine groups is 2. The molecule has 1 aromatic carbocycles. The Hall–Kier alpha value is -2.09. The standard InChI is InChI=1S/C18H23BrN6O/c1-11(26)24-8-5-12-9-13(19)10-14(15(12)24)25-17(21)22-16(20)23-18(25)6-3-2-4-7-18/h9-10H,2-8H2,1H3,(H4,20,21,22,23). The molecule has 0 radical (unpaired) electrons. The number of fused-ring (bicyclic) bond motifs is 1. The molecule has 1 saturated carbocycles. The van der Waals surface area contributed by atoms with Crippen LogP contribution in [-0.4, -0.2) is 30.0 Å². The molecule has 2 heterocycles. The second kappa shape index (κ2) is 6.26. The lowest BCUT2D eigenvalue weighted by Gasteiger charge is -2.46. The van der Waals surface area contributed by atoms with Crippen LogP contribution in [0.3, 0.4) is 0 Å². The number of nitrogens with two attached hydrogens (primary N) is 2. The Bertz CT molecular complexity index is 827. The molecular formula is C18H23BrN6O. The summed E-state index contributed by atoms with van der Waals surface area (Å²) in [4.78, 5) is 25.0. The Morgan fingerprint density at radius 1 is 1.23 bits per heavy atom. The summed E-state index contributed by atoms with van der Waals surface area (Å²) >= 11 is 3.61. The highest BCUT2D eigenvalue weighted by atomic mass is 79.9. The fourth-order valence-corrected chi connectivity index (χ4v) is 4.93. The third-order valence-electron chi connectivity index (χ3n) is 5.48. The molecule has 4 N–H and O–H groups in total. The van der Waals surface area contributed by atoms with Crippen molar-refractivity contribution in [2.75, 3.05) is 16.3 Å². The number of anilines is 2. The molecule has 1 spiro atoms. The van der Waals surface area contributed by atoms with Crippen molar-refractivity contribution in [3.8, 4) is 0 Å². The topological polar surface area (TPSA) is 100 Å². The van der Waals surface area contributed by atoms with E-state index in [1.807, 2.05) is 15.9 Å². The van der Waals surface area contributed by atoms with E-state index in [4.69, 9.17) is 16.5 Å². The van der Waals surface area contributed by atoms with Crippen molar-refractivity contribution in [2.45, 2.75) is 51.1 Å². The van der Waals surface area contributed by atoms with Gasteiger partial charge in [0, 0.05) is 17.9 Å². The van der Waals surface area contributed by atoms with Crippen LogP contribution in [-0.2, 0) is 11.2 Å². The molecule has 0 atom stereocenters. The van der Waals surface area contributed by atoms with Crippen LogP contribution in [0.2, 0.25) is 0 Å². The number of nitrogens with zero attached hydrogens (tertiary/aromatic N) is 4. The summed E-state index contributed by atoms with van der Waals surface area (Å²) in [7, 11) is 0. The van der Waals surface area contributed by atoms with E-state index in [1.165, 1.54) is 6.42 Å². The average molecular weight is 419 g/mol. The summed E-state index contributed by atoms with van der Waals surface area (Å²) in [6.45, 7) is 2.28. The maximum absolute atomic E-state index is 12.2. The minimum Gasteiger partial charge on any atom is -0.369 e. The molecule has 1 aromatic rings. The molecule has 1 aliphatic carbocycles. The highest BCUT2D eigenvalue weighted by Crippen LogP contribution is 2.46. The minimum absolute atomic E-state index is 0.0283. The Kier molecular flexibility index (Phi) is 4.17. The van der Waals surface area contributed by atoms with Crippen LogP contribution in [0, 0.1) is 0 Å². The Morgan fingerprint density at radius 3 is 2.65 bits per heavy atom. The Labute approximate surface area is 161 Å². The zero-order valence-electron chi connectivity index (χ0n) is 14.8. The fraction of sp³-hybridized carbons (Fsp3) is 0.500. The summed E-state index contributed by atoms with van der Waals surface area (Å²) in [5, 5.41) is 0. The molecule has 2 aliphatic heterocycles. The van der Waals surface area contributed by atoms with Gasteiger partial charge in [-0.05, 0) is 49.8 Å². The summed E-state index contributed by atoms with van der Waals surface area (Å²) < 4.78 is 0.956. The SMILES string of the molecule is CC(=O)N1CCc2cc(Br)cc(N3C(N)=NC(N)=NC34CCCCC4)c21. The Balaban J connectivity index is 1.91. The molecule has 0 saturated heterocycles. The maximum atomic E-state index is 12.2. The van der Waals surface area contributed by atoms with E-state index in [0.29, 0.717) is 12.5 Å². The molecule has 0 bridgehead atoms. The summed E-state index contributed by atoms with van der Waals surface area (Å²) in [5.74, 6) is 0.603. The molecule has 138 valence electrons. The van der Waals surface area contributed by atoms with Crippen LogP contribution >= 0.6 is 15.9 Å². The van der Waals surface area contributed by atoms with Crippen molar-refractivity contribution < 1.29 is 4.79 Å². The molecule has 7 nitrogen and oxygen atoms in total. The number of aliphatic imine (C=N–C) groups is 2. The third kappa shape index (κ3) is 2.67. The first-order valence-electron chi connectivity index (χ1n) is 9.01. The lowest BCUT2D eigenvalue weighted by atomic mass is 9.87. The zero-order valence-corrected chi connectivity index (χ0v) is 16.4. The molecule has 3 aliphatic rings. The van der Waals surface area contributed by atoms with Gasteiger partial charge in [-0.3, -0.25) is 9.69 Å². The first kappa shape index (κ1) is 17.3. The summed E-state index contributed by atoms with van der Waals surface area (Å²) in [6, 6.07) is 4.08. The lowest BCUT2D eigenvalue weighted by Crippen LogP contribution is -2.58. The maximum Gasteiger partial charge on any atom is 0.223 e. The highest BCUT2D eigenvalue weighted by molar-refractivity contribution is 9.10. The van der Waals surface area contributed by atoms with Gasteiger partial charge in [-0.15, -0.1) is 0 Å². The molecule has 0 aromatic heterocycles. The number of halogens is 1. The molecule has 1 fully saturated rings. The molecule has 1 amide bonds. The third-order valence-corrected chi connectivity index (χ3v) is 5.94. The van der Waals surface area contributed by atoms with Crippen molar-refractivity contribution in [3.63, 3.8) is 0 Å². The van der Waals surface area contributed by atoms with Gasteiger partial charge in [0.2, 0.25) is 17.8 Å². The lowest BCUT2D eigenvalue weighted by molar-refractivity contribution is -0.116. The summed E-state index contributed by atoms with van der Waals surface area (Å²) in [6.07, 6.45) is 5.86. The smallest absolute Gasteiger partial charge is 0.223 e. The van der Waals surface area contributed by atoms with Gasteiger partial charge in [0.1, 0.15) is 5.66 Å². The monoisotopic (exact) mass is 418 g/mol. The van der Waals surface area contributed by atoms with E-state index >= 15 is 0 Å². The van der Waals surface area contributed by atoms with Crippen LogP contribution < -0.4 is 21.3 Å². The van der Waals surface area contributed by atoms with Crippen LogP contribution in [0.15, 0.2) is 26.6 Å². The predicted molar refractivity (Wildman–Crippen MR) is 107 cm³/mol. The number of carbonyl (C=O) groups excluding carboxylic acids is 1. The number of benzene rings is 1. The van der Waals surface area contributed by atoms with Gasteiger partial charge in [0.15, 0.2) is 0 Å². The van der Waals surface area contributed by atoms with E-state index in [2.05, 4.69) is 27.0 Å². The van der Waals surface area contributed by atoms with Crippen molar-refractivity contribution in [3.05, 3.63) is 22.2 Å². The number of hydrogen-bond donors (Lipinski definition) is 2. The molecule has 26 heavy (non-hydrogen) atoms. The van der Waals surface area contributed by atoms with E-state index in [9.17, 15) is 4.79 Å². The first-order chi connectivity index (χ1) is 12.4. The quantitative estimate of drug-likeness (QED) is 0.730. The van der Waals surface area contributed by atoms with Gasteiger partial charge in [0.05, 0.1) is 11.4 Å². The van der Waals surface area contributed by atoms with Gasteiger partial charge in [-0.2, -0.15) is 4.99 Å². The van der Waals surface area contributed by atoms with Crippen molar-refractivity contribution in [1.82, 2.24) is 0 Å². The molecular weight excluding hydrogens is 396 g/mol. The van der Waals surface area contributed by atoms with Crippen LogP contribution in [0.25, 0.3) is 0 Å². The number of rotatable bonds is 1. The van der Waals surface area contributed by atoms with Crippen molar-refractivity contribution in [2.24, 2.45) is 21.5 Å². The molecule has 4 rings (SSSR count). The highest BCUT2D eigenvalue weighted by Gasteiger charge is 2.44. The largest absolute Gasteiger partial charge is 0.369 e. The van der Waals surface area contributed by atoms with Crippen LogP contribution in [0.5, 0.6) is 0 Å². The summed E-state index contributed by atoms with van der Waals surface area (Å²) in [5.41, 5.74) is 14.7. The van der Waals surface area contributed by atoms with Gasteiger partial charge in [-0.25, -0.2) is 4.99 Å². The second-order valence-electron chi connectivity index (χ2n) is 7.17. The number of amides is 1. The molecule has 0 unspecified atom stereocenters. The number of carbonyl (C=O) groups is 1. The van der Waals surface area contributed by atoms with E-state index < -0.39 is 5.66 Å². The van der Waals surface area contributed by atoms with Gasteiger partial charge in [0.25, 0.3) is 0 Å². The zero-order chi connectivity index (χ0) is 18.5. The second-order valence-corrected chi connectivity index (χ2v) is 8.09. The fourth-order valence-electron chi connectivity index (χ4n) is 4.44. The van der Waals surface area contributed by atoms with E-state index in [-0.39, 0.29) is 11.9 Å². The normalized spacial score (nSPS) is 21.5. The van der Waals surface area contributed by atoms with Crippen molar-refractivity contribution in [1.29, 1.82) is 0 Å². The Morgan fingerprint density at radius 2 is 1.96 bits per heavy atom. The van der Waals surface area contributed by atoms with E-state index in [0.717, 1.165) is 53.5 Å². The minimum atomic E-state index is -0.520. The van der Waals surface area contributed by atoms with Crippen LogP contribution in [0.4, 0.5) is 11.4 Å². The van der Waals surface area contributed by atoms with Gasteiger partial charge >= 0.3 is 0 Å². The van der Waals surface area contributed by atoms with Crippen LogP contribution in [0.1, 0.15) is 44.6 Å². The van der Waals surface area contributed by atoms with Gasteiger partial charge in [-0.1, -0.05) is 22.4 Å². The average Bonchev–Trinajstić information content (AvgIpc) is 2.98. The predicted octanol–water partition coefficient (Wildman–Crippen LogP) is 2.47. The van der Waals surface area contributed by atoms with Gasteiger partial charge < -0.3 is 16.4 Å².